The largest absolute Gasteiger partial charge is 0.425 e. The van der Waals surface area contributed by atoms with E-state index in [0.717, 1.165) is 25.7 Å². The average Bonchev–Trinajstić information content (AvgIpc) is 2.95. The van der Waals surface area contributed by atoms with Crippen molar-refractivity contribution in [1.29, 1.82) is 0 Å². The monoisotopic (exact) mass is 561 g/mol. The van der Waals surface area contributed by atoms with Gasteiger partial charge in [-0.1, -0.05) is 101 Å². The van der Waals surface area contributed by atoms with Crippen LogP contribution in [0, 0.1) is 23.3 Å². The van der Waals surface area contributed by atoms with Crippen LogP contribution in [0.2, 0.25) is 0 Å². The molecule has 0 bridgehead atoms. The number of halogens is 4. The number of rotatable bonds is 15. The van der Waals surface area contributed by atoms with Gasteiger partial charge in [-0.15, -0.1) is 0 Å². The van der Waals surface area contributed by atoms with Crippen LogP contribution in [0.15, 0.2) is 48.5 Å². The van der Waals surface area contributed by atoms with Crippen LogP contribution in [0.25, 0.3) is 10.8 Å². The van der Waals surface area contributed by atoms with E-state index in [4.69, 9.17) is 0 Å². The van der Waals surface area contributed by atoms with Crippen molar-refractivity contribution >= 4 is 23.2 Å². The van der Waals surface area contributed by atoms with Crippen molar-refractivity contribution in [3.8, 4) is 5.75 Å². The third-order valence-electron chi connectivity index (χ3n) is 6.55. The first-order valence-electron chi connectivity index (χ1n) is 14.0. The SMILES string of the molecule is CCCCCCCCCC(=O)NC(CCC)Cc1ccc2ccccc2c1.O=COc1cc(F)c(F)c(F)c1F. The topological polar surface area (TPSA) is 55.4 Å². The number of benzene rings is 3. The number of ether oxygens (including phenoxy) is 1. The minimum atomic E-state index is -2.02. The summed E-state index contributed by atoms with van der Waals surface area (Å²) in [6.07, 6.45) is 12.5. The lowest BCUT2D eigenvalue weighted by Crippen LogP contribution is -2.36. The lowest BCUT2D eigenvalue weighted by atomic mass is 9.99. The maximum absolute atomic E-state index is 12.6. The number of carbonyl (C=O) groups is 2. The van der Waals surface area contributed by atoms with Crippen molar-refractivity contribution < 1.29 is 31.9 Å². The van der Waals surface area contributed by atoms with E-state index in [1.807, 2.05) is 0 Å². The minimum absolute atomic E-state index is 0.225. The fraction of sp³-hybridized carbons (Fsp3) is 0.438. The van der Waals surface area contributed by atoms with Gasteiger partial charge in [0.25, 0.3) is 6.47 Å². The summed E-state index contributed by atoms with van der Waals surface area (Å²) in [5, 5.41) is 5.84. The van der Waals surface area contributed by atoms with E-state index >= 15 is 0 Å². The van der Waals surface area contributed by atoms with Gasteiger partial charge in [0.05, 0.1) is 0 Å². The van der Waals surface area contributed by atoms with Crippen LogP contribution in [0.3, 0.4) is 0 Å². The molecule has 1 amide bonds. The van der Waals surface area contributed by atoms with Gasteiger partial charge in [-0.25, -0.2) is 13.2 Å². The average molecular weight is 562 g/mol. The highest BCUT2D eigenvalue weighted by atomic mass is 19.2. The molecule has 3 aromatic rings. The molecule has 0 aliphatic rings. The molecule has 0 saturated heterocycles. The first kappa shape index (κ1) is 32.8. The molecule has 1 N–H and O–H groups in total. The molecule has 3 rings (SSSR count). The Morgan fingerprint density at radius 2 is 1.50 bits per heavy atom. The summed E-state index contributed by atoms with van der Waals surface area (Å²) >= 11 is 0. The Bertz CT molecular complexity index is 1220. The molecule has 3 aromatic carbocycles. The van der Waals surface area contributed by atoms with Gasteiger partial charge >= 0.3 is 0 Å². The number of fused-ring (bicyclic) bond motifs is 1. The smallest absolute Gasteiger partial charge is 0.298 e. The van der Waals surface area contributed by atoms with Crippen LogP contribution in [0.1, 0.15) is 83.6 Å². The summed E-state index contributed by atoms with van der Waals surface area (Å²) in [7, 11) is 0. The van der Waals surface area contributed by atoms with Crippen molar-refractivity contribution in [2.75, 3.05) is 0 Å². The second-order valence-corrected chi connectivity index (χ2v) is 9.82. The summed E-state index contributed by atoms with van der Waals surface area (Å²) in [6.45, 7) is 4.21. The van der Waals surface area contributed by atoms with Gasteiger partial charge < -0.3 is 10.1 Å². The predicted octanol–water partition coefficient (Wildman–Crippen LogP) is 8.59. The highest BCUT2D eigenvalue weighted by molar-refractivity contribution is 5.83. The Hall–Kier alpha value is -3.42. The molecular formula is C32H39F4NO3. The van der Waals surface area contributed by atoms with E-state index < -0.39 is 29.0 Å². The molecule has 0 spiro atoms. The molecular weight excluding hydrogens is 522 g/mol. The summed E-state index contributed by atoms with van der Waals surface area (Å²) < 4.78 is 53.4. The third kappa shape index (κ3) is 11.0. The van der Waals surface area contributed by atoms with E-state index in [1.54, 1.807) is 0 Å². The zero-order valence-electron chi connectivity index (χ0n) is 23.3. The third-order valence-corrected chi connectivity index (χ3v) is 6.55. The quantitative estimate of drug-likeness (QED) is 0.0665. The van der Waals surface area contributed by atoms with Crippen molar-refractivity contribution in [1.82, 2.24) is 5.32 Å². The van der Waals surface area contributed by atoms with Crippen LogP contribution in [0.5, 0.6) is 5.75 Å². The number of hydrogen-bond donors (Lipinski definition) is 1. The number of hydrogen-bond acceptors (Lipinski definition) is 3. The van der Waals surface area contributed by atoms with Crippen molar-refractivity contribution in [3.63, 3.8) is 0 Å². The van der Waals surface area contributed by atoms with Crippen LogP contribution >= 0.6 is 0 Å². The lowest BCUT2D eigenvalue weighted by molar-refractivity contribution is -0.122. The summed E-state index contributed by atoms with van der Waals surface area (Å²) in [4.78, 5) is 22.1. The molecule has 8 heteroatoms. The van der Waals surface area contributed by atoms with Gasteiger partial charge in [0.1, 0.15) is 0 Å². The molecule has 0 heterocycles. The molecule has 0 aliphatic heterocycles. The van der Waals surface area contributed by atoms with E-state index in [9.17, 15) is 27.2 Å². The lowest BCUT2D eigenvalue weighted by Gasteiger charge is -2.19. The van der Waals surface area contributed by atoms with E-state index in [1.165, 1.54) is 54.9 Å². The number of carbonyl (C=O) groups excluding carboxylic acids is 2. The molecule has 0 fully saturated rings. The first-order chi connectivity index (χ1) is 19.3. The van der Waals surface area contributed by atoms with Crippen LogP contribution in [-0.2, 0) is 16.0 Å². The Balaban J connectivity index is 0.000000360. The minimum Gasteiger partial charge on any atom is -0.425 e. The zero-order valence-corrected chi connectivity index (χ0v) is 23.3. The molecule has 0 aliphatic carbocycles. The van der Waals surface area contributed by atoms with E-state index in [2.05, 4.69) is 66.4 Å². The Morgan fingerprint density at radius 3 is 2.17 bits per heavy atom. The molecule has 218 valence electrons. The van der Waals surface area contributed by atoms with Gasteiger partial charge in [-0.2, -0.15) is 4.39 Å². The van der Waals surface area contributed by atoms with Crippen LogP contribution in [0.4, 0.5) is 17.6 Å². The zero-order chi connectivity index (χ0) is 29.3. The Labute approximate surface area is 234 Å². The Morgan fingerprint density at radius 1 is 0.825 bits per heavy atom. The van der Waals surface area contributed by atoms with Gasteiger partial charge in [0.2, 0.25) is 17.5 Å². The van der Waals surface area contributed by atoms with E-state index in [0.29, 0.717) is 6.42 Å². The highest BCUT2D eigenvalue weighted by Crippen LogP contribution is 2.24. The normalized spacial score (nSPS) is 11.4. The molecule has 0 radical (unpaired) electrons. The molecule has 4 nitrogen and oxygen atoms in total. The van der Waals surface area contributed by atoms with Crippen molar-refractivity contribution in [3.05, 3.63) is 77.4 Å². The van der Waals surface area contributed by atoms with Crippen molar-refractivity contribution in [2.45, 2.75) is 90.5 Å². The maximum Gasteiger partial charge on any atom is 0.298 e. The molecule has 1 atom stereocenters. The van der Waals surface area contributed by atoms with Gasteiger partial charge in [0.15, 0.2) is 17.4 Å². The maximum atomic E-state index is 12.6. The number of nitrogens with one attached hydrogen (secondary N) is 1. The van der Waals surface area contributed by atoms with Crippen LogP contribution < -0.4 is 10.1 Å². The summed E-state index contributed by atoms with van der Waals surface area (Å²) in [5.41, 5.74) is 1.31. The fourth-order valence-electron chi connectivity index (χ4n) is 4.46. The molecule has 40 heavy (non-hydrogen) atoms. The fourth-order valence-corrected chi connectivity index (χ4v) is 4.46. The number of unbranched alkanes of at least 4 members (excludes halogenated alkanes) is 6. The standard InChI is InChI=1S/C25H37NO.C7H2F4O2/c1-3-5-6-7-8-9-10-16-25(27)26-24(13-4-2)20-21-17-18-22-14-11-12-15-23(22)19-21;8-3-1-4(13-2-12)6(10)7(11)5(3)9/h11-12,14-15,17-19,24H,3-10,13,16,20H2,1-2H3,(H,26,27);1-2H. The second kappa shape index (κ2) is 18.0. The Kier molecular flexibility index (Phi) is 14.8. The van der Waals surface area contributed by atoms with Gasteiger partial charge in [-0.3, -0.25) is 9.59 Å². The van der Waals surface area contributed by atoms with Gasteiger partial charge in [-0.05, 0) is 35.6 Å². The molecule has 0 aromatic heterocycles. The van der Waals surface area contributed by atoms with Crippen LogP contribution in [-0.4, -0.2) is 18.4 Å². The molecule has 0 saturated carbocycles. The first-order valence-corrected chi connectivity index (χ1v) is 14.0. The molecule has 1 unspecified atom stereocenters. The van der Waals surface area contributed by atoms with Gasteiger partial charge in [0, 0.05) is 18.5 Å². The second-order valence-electron chi connectivity index (χ2n) is 9.82. The summed E-state index contributed by atoms with van der Waals surface area (Å²) in [5.74, 6) is -8.11. The highest BCUT2D eigenvalue weighted by Gasteiger charge is 2.19. The van der Waals surface area contributed by atoms with E-state index in [-0.39, 0.29) is 24.5 Å². The van der Waals surface area contributed by atoms with Crippen molar-refractivity contribution in [2.24, 2.45) is 0 Å². The summed E-state index contributed by atoms with van der Waals surface area (Å²) in [6, 6.07) is 15.6. The number of amides is 1. The predicted molar refractivity (Wildman–Crippen MR) is 150 cm³/mol.